The molecule has 2 aromatic carbocycles. The van der Waals surface area contributed by atoms with E-state index in [0.717, 1.165) is 30.2 Å². The molecule has 0 bridgehead atoms. The predicted octanol–water partition coefficient (Wildman–Crippen LogP) is 4.45. The van der Waals surface area contributed by atoms with Crippen molar-refractivity contribution in [2.24, 2.45) is 0 Å². The fraction of sp³-hybridized carbons (Fsp3) is 0.304. The van der Waals surface area contributed by atoms with Gasteiger partial charge in [-0.1, -0.05) is 60.1 Å². The van der Waals surface area contributed by atoms with E-state index in [1.54, 1.807) is 0 Å². The van der Waals surface area contributed by atoms with Crippen molar-refractivity contribution in [2.45, 2.75) is 19.1 Å². The van der Waals surface area contributed by atoms with Crippen molar-refractivity contribution in [2.75, 3.05) is 26.3 Å². The van der Waals surface area contributed by atoms with Crippen molar-refractivity contribution in [3.05, 3.63) is 76.3 Å². The van der Waals surface area contributed by atoms with Gasteiger partial charge in [-0.3, -0.25) is 9.69 Å². The summed E-state index contributed by atoms with van der Waals surface area (Å²) in [6, 6.07) is 17.9. The molecule has 1 aliphatic rings. The average Bonchev–Trinajstić information content (AvgIpc) is 3.22. The minimum Gasteiger partial charge on any atom is -0.463 e. The highest BCUT2D eigenvalue weighted by Gasteiger charge is 2.22. The Labute approximate surface area is 185 Å². The molecule has 1 aliphatic heterocycles. The number of aromatic nitrogens is 1. The molecule has 5 nitrogen and oxygen atoms in total. The van der Waals surface area contributed by atoms with Crippen LogP contribution in [0.25, 0.3) is 10.6 Å². The molecule has 156 valence electrons. The lowest BCUT2D eigenvalue weighted by Gasteiger charge is -2.32. The molecule has 3 aromatic rings. The summed E-state index contributed by atoms with van der Waals surface area (Å²) < 4.78 is 11.2. The Balaban J connectivity index is 1.25. The zero-order valence-electron chi connectivity index (χ0n) is 16.5. The van der Waals surface area contributed by atoms with Crippen LogP contribution in [-0.4, -0.2) is 48.3 Å². The van der Waals surface area contributed by atoms with Crippen LogP contribution in [0.5, 0.6) is 0 Å². The second-order valence-electron chi connectivity index (χ2n) is 7.20. The van der Waals surface area contributed by atoms with E-state index in [2.05, 4.69) is 22.0 Å². The SMILES string of the molecule is O=C(Cc1csc(-c2ccccc2Cl)n1)OCC1CN(Cc2ccccc2)CCO1. The van der Waals surface area contributed by atoms with E-state index in [9.17, 15) is 4.79 Å². The molecular formula is C23H23ClN2O3S. The number of rotatable bonds is 7. The van der Waals surface area contributed by atoms with Crippen molar-refractivity contribution in [1.29, 1.82) is 0 Å². The van der Waals surface area contributed by atoms with Crippen LogP contribution in [0, 0.1) is 0 Å². The quantitative estimate of drug-likeness (QED) is 0.506. The van der Waals surface area contributed by atoms with Gasteiger partial charge in [0.15, 0.2) is 0 Å². The summed E-state index contributed by atoms with van der Waals surface area (Å²) in [7, 11) is 0. The molecule has 1 aromatic heterocycles. The first-order chi connectivity index (χ1) is 14.7. The lowest BCUT2D eigenvalue weighted by molar-refractivity contribution is -0.149. The summed E-state index contributed by atoms with van der Waals surface area (Å²) in [6.45, 7) is 3.39. The Morgan fingerprint density at radius 1 is 1.20 bits per heavy atom. The largest absolute Gasteiger partial charge is 0.463 e. The van der Waals surface area contributed by atoms with Crippen LogP contribution in [-0.2, 0) is 27.2 Å². The predicted molar refractivity (Wildman–Crippen MR) is 119 cm³/mol. The Bertz CT molecular complexity index is 979. The third-order valence-corrected chi connectivity index (χ3v) is 6.14. The molecule has 7 heteroatoms. The van der Waals surface area contributed by atoms with Gasteiger partial charge < -0.3 is 9.47 Å². The molecule has 0 N–H and O–H groups in total. The van der Waals surface area contributed by atoms with Crippen molar-refractivity contribution < 1.29 is 14.3 Å². The number of ether oxygens (including phenoxy) is 2. The normalized spacial score (nSPS) is 17.0. The van der Waals surface area contributed by atoms with Crippen LogP contribution in [0.15, 0.2) is 60.0 Å². The topological polar surface area (TPSA) is 51.7 Å². The number of hydrogen-bond acceptors (Lipinski definition) is 6. The van der Waals surface area contributed by atoms with E-state index in [0.29, 0.717) is 17.3 Å². The maximum atomic E-state index is 12.3. The van der Waals surface area contributed by atoms with Crippen LogP contribution in [0.4, 0.5) is 0 Å². The van der Waals surface area contributed by atoms with Crippen LogP contribution >= 0.6 is 22.9 Å². The third kappa shape index (κ3) is 5.67. The number of hydrogen-bond donors (Lipinski definition) is 0. The summed E-state index contributed by atoms with van der Waals surface area (Å²) in [5.41, 5.74) is 2.83. The molecule has 0 saturated carbocycles. The summed E-state index contributed by atoms with van der Waals surface area (Å²) in [4.78, 5) is 19.1. The Morgan fingerprint density at radius 2 is 2.00 bits per heavy atom. The molecule has 1 fully saturated rings. The highest BCUT2D eigenvalue weighted by molar-refractivity contribution is 7.13. The first-order valence-corrected chi connectivity index (χ1v) is 11.2. The van der Waals surface area contributed by atoms with Gasteiger partial charge in [0.2, 0.25) is 0 Å². The zero-order valence-corrected chi connectivity index (χ0v) is 18.1. The second-order valence-corrected chi connectivity index (χ2v) is 8.46. The van der Waals surface area contributed by atoms with Crippen LogP contribution in [0.1, 0.15) is 11.3 Å². The van der Waals surface area contributed by atoms with Crippen molar-refractivity contribution in [3.8, 4) is 10.6 Å². The smallest absolute Gasteiger partial charge is 0.311 e. The van der Waals surface area contributed by atoms with E-state index >= 15 is 0 Å². The van der Waals surface area contributed by atoms with E-state index in [-0.39, 0.29) is 25.1 Å². The third-order valence-electron chi connectivity index (χ3n) is 4.88. The van der Waals surface area contributed by atoms with Crippen molar-refractivity contribution in [1.82, 2.24) is 9.88 Å². The number of halogens is 1. The number of esters is 1. The molecule has 0 radical (unpaired) electrons. The van der Waals surface area contributed by atoms with E-state index in [1.807, 2.05) is 47.8 Å². The number of benzene rings is 2. The molecular weight excluding hydrogens is 420 g/mol. The molecule has 4 rings (SSSR count). The van der Waals surface area contributed by atoms with Gasteiger partial charge in [0.1, 0.15) is 17.7 Å². The second kappa shape index (κ2) is 10.2. The summed E-state index contributed by atoms with van der Waals surface area (Å²) in [5, 5.41) is 3.32. The average molecular weight is 443 g/mol. The first kappa shape index (κ1) is 21.0. The van der Waals surface area contributed by atoms with Gasteiger partial charge in [0, 0.05) is 30.6 Å². The summed E-state index contributed by atoms with van der Waals surface area (Å²) in [6.07, 6.45) is 0.0297. The lowest BCUT2D eigenvalue weighted by atomic mass is 10.2. The standard InChI is InChI=1S/C23H23ClN2O3S/c24-21-9-5-4-8-20(21)23-25-18(16-30-23)12-22(27)29-15-19-14-26(10-11-28-19)13-17-6-2-1-3-7-17/h1-9,16,19H,10-15H2. The summed E-state index contributed by atoms with van der Waals surface area (Å²) in [5.74, 6) is -0.296. The number of carbonyl (C=O) groups excluding carboxylic acids is 1. The molecule has 0 spiro atoms. The van der Waals surface area contributed by atoms with Gasteiger partial charge >= 0.3 is 5.97 Å². The minimum absolute atomic E-state index is 0.111. The van der Waals surface area contributed by atoms with E-state index < -0.39 is 0 Å². The molecule has 2 heterocycles. The van der Waals surface area contributed by atoms with Gasteiger partial charge in [-0.05, 0) is 11.6 Å². The number of carbonyl (C=O) groups is 1. The molecule has 1 atom stereocenters. The van der Waals surface area contributed by atoms with E-state index in [4.69, 9.17) is 21.1 Å². The van der Waals surface area contributed by atoms with Crippen molar-refractivity contribution in [3.63, 3.8) is 0 Å². The van der Waals surface area contributed by atoms with Crippen molar-refractivity contribution >= 4 is 28.9 Å². The lowest BCUT2D eigenvalue weighted by Crippen LogP contribution is -2.44. The molecule has 0 amide bonds. The first-order valence-electron chi connectivity index (χ1n) is 9.90. The van der Waals surface area contributed by atoms with Gasteiger partial charge in [0.25, 0.3) is 0 Å². The summed E-state index contributed by atoms with van der Waals surface area (Å²) >= 11 is 7.70. The van der Waals surface area contributed by atoms with Gasteiger partial charge in [-0.2, -0.15) is 0 Å². The molecule has 1 unspecified atom stereocenters. The maximum Gasteiger partial charge on any atom is 0.311 e. The number of nitrogens with zero attached hydrogens (tertiary/aromatic N) is 2. The Morgan fingerprint density at radius 3 is 2.83 bits per heavy atom. The Kier molecular flexibility index (Phi) is 7.12. The highest BCUT2D eigenvalue weighted by Crippen LogP contribution is 2.30. The fourth-order valence-electron chi connectivity index (χ4n) is 3.40. The van der Waals surface area contributed by atoms with E-state index in [1.165, 1.54) is 16.9 Å². The molecule has 0 aliphatic carbocycles. The van der Waals surface area contributed by atoms with Gasteiger partial charge in [-0.25, -0.2) is 4.98 Å². The van der Waals surface area contributed by atoms with Gasteiger partial charge in [0.05, 0.1) is 23.7 Å². The molecule has 30 heavy (non-hydrogen) atoms. The highest BCUT2D eigenvalue weighted by atomic mass is 35.5. The fourth-order valence-corrected chi connectivity index (χ4v) is 4.54. The maximum absolute atomic E-state index is 12.3. The van der Waals surface area contributed by atoms with Crippen LogP contribution in [0.3, 0.4) is 0 Å². The minimum atomic E-state index is -0.296. The van der Waals surface area contributed by atoms with Crippen LogP contribution in [0.2, 0.25) is 5.02 Å². The zero-order chi connectivity index (χ0) is 20.8. The number of thiazole rings is 1. The number of morpholine rings is 1. The van der Waals surface area contributed by atoms with Crippen LogP contribution < -0.4 is 0 Å². The Hall–Kier alpha value is -2.25. The van der Waals surface area contributed by atoms with Gasteiger partial charge in [-0.15, -0.1) is 11.3 Å². The molecule has 1 saturated heterocycles. The monoisotopic (exact) mass is 442 g/mol.